The van der Waals surface area contributed by atoms with E-state index in [4.69, 9.17) is 14.2 Å². The third-order valence-electron chi connectivity index (χ3n) is 2.39. The molecular formula is C13H16O3. The zero-order chi connectivity index (χ0) is 11.2. The van der Waals surface area contributed by atoms with Crippen LogP contribution in [0.3, 0.4) is 0 Å². The van der Waals surface area contributed by atoms with E-state index >= 15 is 0 Å². The van der Waals surface area contributed by atoms with Crippen LogP contribution in [0.5, 0.6) is 0 Å². The van der Waals surface area contributed by atoms with Crippen molar-refractivity contribution in [2.24, 2.45) is 0 Å². The van der Waals surface area contributed by atoms with Crippen molar-refractivity contribution >= 4 is 0 Å². The van der Waals surface area contributed by atoms with Gasteiger partial charge in [0.05, 0.1) is 19.8 Å². The van der Waals surface area contributed by atoms with Gasteiger partial charge in [0.1, 0.15) is 6.10 Å². The van der Waals surface area contributed by atoms with E-state index in [0.29, 0.717) is 19.8 Å². The predicted octanol–water partition coefficient (Wildman–Crippen LogP) is 2.30. The average molecular weight is 220 g/mol. The standard InChI is InChI=1S/C13H16O3/c1-2-8-14-12-9-15-13(16-10-12)11-6-4-3-5-7-11/h2-7,12-13H,1,8-10H2. The van der Waals surface area contributed by atoms with Gasteiger partial charge in [-0.1, -0.05) is 36.4 Å². The summed E-state index contributed by atoms with van der Waals surface area (Å²) in [7, 11) is 0. The van der Waals surface area contributed by atoms with E-state index in [1.54, 1.807) is 6.08 Å². The van der Waals surface area contributed by atoms with Crippen LogP contribution in [0, 0.1) is 0 Å². The summed E-state index contributed by atoms with van der Waals surface area (Å²) in [5.74, 6) is 0. The second-order valence-electron chi connectivity index (χ2n) is 3.65. The summed E-state index contributed by atoms with van der Waals surface area (Å²) in [6.45, 7) is 5.26. The van der Waals surface area contributed by atoms with Gasteiger partial charge in [-0.05, 0) is 0 Å². The van der Waals surface area contributed by atoms with Crippen molar-refractivity contribution in [1.82, 2.24) is 0 Å². The molecular weight excluding hydrogens is 204 g/mol. The largest absolute Gasteiger partial charge is 0.369 e. The van der Waals surface area contributed by atoms with Crippen LogP contribution in [0.4, 0.5) is 0 Å². The van der Waals surface area contributed by atoms with Gasteiger partial charge >= 0.3 is 0 Å². The zero-order valence-corrected chi connectivity index (χ0v) is 9.17. The molecule has 16 heavy (non-hydrogen) atoms. The first kappa shape index (κ1) is 11.3. The van der Waals surface area contributed by atoms with Crippen molar-refractivity contribution in [2.45, 2.75) is 12.4 Å². The molecule has 0 atom stereocenters. The van der Waals surface area contributed by atoms with Crippen LogP contribution in [0.2, 0.25) is 0 Å². The number of ether oxygens (including phenoxy) is 3. The molecule has 0 radical (unpaired) electrons. The molecule has 0 aliphatic carbocycles. The summed E-state index contributed by atoms with van der Waals surface area (Å²) >= 11 is 0. The molecule has 0 aromatic heterocycles. The Morgan fingerprint density at radius 3 is 2.56 bits per heavy atom. The third kappa shape index (κ3) is 2.92. The van der Waals surface area contributed by atoms with Crippen molar-refractivity contribution in [2.75, 3.05) is 19.8 Å². The second-order valence-corrected chi connectivity index (χ2v) is 3.65. The molecule has 1 heterocycles. The summed E-state index contributed by atoms with van der Waals surface area (Å²) in [6, 6.07) is 9.91. The second kappa shape index (κ2) is 5.80. The van der Waals surface area contributed by atoms with Crippen molar-refractivity contribution in [3.8, 4) is 0 Å². The first-order chi connectivity index (χ1) is 7.90. The maximum Gasteiger partial charge on any atom is 0.184 e. The fourth-order valence-electron chi connectivity index (χ4n) is 1.59. The van der Waals surface area contributed by atoms with Gasteiger partial charge in [0, 0.05) is 5.56 Å². The number of benzene rings is 1. The van der Waals surface area contributed by atoms with Crippen LogP contribution in [0.15, 0.2) is 43.0 Å². The van der Waals surface area contributed by atoms with Crippen molar-refractivity contribution in [1.29, 1.82) is 0 Å². The van der Waals surface area contributed by atoms with Gasteiger partial charge in [-0.25, -0.2) is 0 Å². The lowest BCUT2D eigenvalue weighted by molar-refractivity contribution is -0.228. The molecule has 0 bridgehead atoms. The highest BCUT2D eigenvalue weighted by atomic mass is 16.7. The highest BCUT2D eigenvalue weighted by Gasteiger charge is 2.23. The highest BCUT2D eigenvalue weighted by Crippen LogP contribution is 2.23. The molecule has 0 N–H and O–H groups in total. The van der Waals surface area contributed by atoms with Gasteiger partial charge in [-0.15, -0.1) is 6.58 Å². The molecule has 3 heteroatoms. The van der Waals surface area contributed by atoms with Gasteiger partial charge in [0.15, 0.2) is 6.29 Å². The van der Waals surface area contributed by atoms with E-state index in [1.165, 1.54) is 0 Å². The first-order valence-electron chi connectivity index (χ1n) is 5.41. The lowest BCUT2D eigenvalue weighted by Gasteiger charge is -2.29. The maximum absolute atomic E-state index is 5.59. The molecule has 1 aliphatic rings. The monoisotopic (exact) mass is 220 g/mol. The summed E-state index contributed by atoms with van der Waals surface area (Å²) < 4.78 is 16.6. The zero-order valence-electron chi connectivity index (χ0n) is 9.17. The van der Waals surface area contributed by atoms with E-state index in [2.05, 4.69) is 6.58 Å². The van der Waals surface area contributed by atoms with E-state index < -0.39 is 0 Å². The minimum atomic E-state index is -0.259. The quantitative estimate of drug-likeness (QED) is 0.729. The summed E-state index contributed by atoms with van der Waals surface area (Å²) in [5.41, 5.74) is 1.05. The fourth-order valence-corrected chi connectivity index (χ4v) is 1.59. The van der Waals surface area contributed by atoms with Crippen molar-refractivity contribution in [3.05, 3.63) is 48.6 Å². The van der Waals surface area contributed by atoms with Crippen LogP contribution in [-0.4, -0.2) is 25.9 Å². The summed E-state index contributed by atoms with van der Waals surface area (Å²) in [6.07, 6.45) is 1.48. The topological polar surface area (TPSA) is 27.7 Å². The molecule has 3 nitrogen and oxygen atoms in total. The normalized spacial score (nSPS) is 25.2. The molecule has 86 valence electrons. The Kier molecular flexibility index (Phi) is 4.10. The van der Waals surface area contributed by atoms with Gasteiger partial charge in [0.2, 0.25) is 0 Å². The fraction of sp³-hybridized carbons (Fsp3) is 0.385. The van der Waals surface area contributed by atoms with Crippen molar-refractivity contribution in [3.63, 3.8) is 0 Å². The van der Waals surface area contributed by atoms with E-state index in [0.717, 1.165) is 5.56 Å². The molecule has 0 spiro atoms. The molecule has 1 fully saturated rings. The van der Waals surface area contributed by atoms with Gasteiger partial charge in [-0.2, -0.15) is 0 Å². The van der Waals surface area contributed by atoms with Crippen molar-refractivity contribution < 1.29 is 14.2 Å². The summed E-state index contributed by atoms with van der Waals surface area (Å²) in [5, 5.41) is 0. The molecule has 1 aliphatic heterocycles. The molecule has 1 aromatic carbocycles. The SMILES string of the molecule is C=CCOC1COC(c2ccccc2)OC1. The van der Waals surface area contributed by atoms with Crippen LogP contribution >= 0.6 is 0 Å². The van der Waals surface area contributed by atoms with E-state index in [1.807, 2.05) is 30.3 Å². The Hall–Kier alpha value is -1.16. The molecule has 2 rings (SSSR count). The molecule has 1 aromatic rings. The lowest BCUT2D eigenvalue weighted by Crippen LogP contribution is -2.33. The molecule has 0 unspecified atom stereocenters. The Balaban J connectivity index is 1.83. The maximum atomic E-state index is 5.59. The molecule has 1 saturated heterocycles. The number of hydrogen-bond acceptors (Lipinski definition) is 3. The Morgan fingerprint density at radius 2 is 1.94 bits per heavy atom. The van der Waals surface area contributed by atoms with E-state index in [9.17, 15) is 0 Å². The minimum Gasteiger partial charge on any atom is -0.369 e. The van der Waals surface area contributed by atoms with Crippen LogP contribution < -0.4 is 0 Å². The Bertz CT molecular complexity index is 315. The lowest BCUT2D eigenvalue weighted by atomic mass is 10.2. The van der Waals surface area contributed by atoms with Crippen LogP contribution in [0.25, 0.3) is 0 Å². The van der Waals surface area contributed by atoms with Gasteiger partial charge in [0.25, 0.3) is 0 Å². The Morgan fingerprint density at radius 1 is 1.25 bits per heavy atom. The predicted molar refractivity (Wildman–Crippen MR) is 61.0 cm³/mol. The molecule has 0 saturated carbocycles. The molecule has 0 amide bonds. The number of hydrogen-bond donors (Lipinski definition) is 0. The first-order valence-corrected chi connectivity index (χ1v) is 5.41. The van der Waals surface area contributed by atoms with E-state index in [-0.39, 0.29) is 12.4 Å². The van der Waals surface area contributed by atoms with Crippen LogP contribution in [-0.2, 0) is 14.2 Å². The smallest absolute Gasteiger partial charge is 0.184 e. The van der Waals surface area contributed by atoms with Crippen LogP contribution in [0.1, 0.15) is 11.9 Å². The Labute approximate surface area is 95.6 Å². The van der Waals surface area contributed by atoms with Gasteiger partial charge in [-0.3, -0.25) is 0 Å². The number of rotatable bonds is 4. The highest BCUT2D eigenvalue weighted by molar-refractivity contribution is 5.16. The third-order valence-corrected chi connectivity index (χ3v) is 2.39. The summed E-state index contributed by atoms with van der Waals surface area (Å²) in [4.78, 5) is 0. The average Bonchev–Trinajstić information content (AvgIpc) is 2.38. The van der Waals surface area contributed by atoms with Gasteiger partial charge < -0.3 is 14.2 Å². The minimum absolute atomic E-state index is 0.0120.